The molecule has 1 fully saturated rings. The largest absolute Gasteiger partial charge is 0.322 e. The lowest BCUT2D eigenvalue weighted by Crippen LogP contribution is -2.28. The molecule has 1 saturated heterocycles. The Bertz CT molecular complexity index is 1150. The van der Waals surface area contributed by atoms with E-state index < -0.39 is 0 Å². The Hall–Kier alpha value is -4.06. The minimum atomic E-state index is -0.387. The van der Waals surface area contributed by atoms with Crippen LogP contribution in [-0.4, -0.2) is 17.7 Å². The molecule has 0 saturated carbocycles. The summed E-state index contributed by atoms with van der Waals surface area (Å²) in [5, 5.41) is 2.70. The summed E-state index contributed by atoms with van der Waals surface area (Å²) >= 11 is 0. The lowest BCUT2D eigenvalue weighted by molar-refractivity contribution is -0.120. The van der Waals surface area contributed by atoms with Crippen molar-refractivity contribution in [3.63, 3.8) is 0 Å². The molecule has 0 aliphatic carbocycles. The normalized spacial score (nSPS) is 15.0. The number of anilines is 2. The number of halogens is 1. The Balaban J connectivity index is 1.54. The van der Waals surface area contributed by atoms with Crippen molar-refractivity contribution >= 4 is 35.2 Å². The highest BCUT2D eigenvalue weighted by atomic mass is 19.1. The maximum Gasteiger partial charge on any atom is 0.261 e. The number of imide groups is 1. The van der Waals surface area contributed by atoms with Crippen LogP contribution in [0.25, 0.3) is 6.08 Å². The average molecular weight is 400 g/mol. The molecule has 30 heavy (non-hydrogen) atoms. The van der Waals surface area contributed by atoms with Crippen LogP contribution in [0.2, 0.25) is 0 Å². The van der Waals surface area contributed by atoms with E-state index in [1.54, 1.807) is 54.6 Å². The number of carbonyl (C=O) groups is 3. The first-order chi connectivity index (χ1) is 14.5. The van der Waals surface area contributed by atoms with Gasteiger partial charge in [-0.15, -0.1) is 0 Å². The van der Waals surface area contributed by atoms with Crippen LogP contribution in [0.3, 0.4) is 0 Å². The molecule has 1 aliphatic heterocycles. The van der Waals surface area contributed by atoms with Crippen LogP contribution < -0.4 is 10.2 Å². The number of para-hydroxylation sites is 1. The van der Waals surface area contributed by atoms with Crippen LogP contribution in [0, 0.1) is 5.82 Å². The number of rotatable bonds is 4. The number of amides is 3. The van der Waals surface area contributed by atoms with E-state index in [4.69, 9.17) is 0 Å². The van der Waals surface area contributed by atoms with Gasteiger partial charge in [0.05, 0.1) is 12.1 Å². The summed E-state index contributed by atoms with van der Waals surface area (Å²) in [6.45, 7) is 0. The standard InChI is InChI=1S/C24H17FN2O3/c25-19-9-11-20(12-10-19)26-23(29)17-6-4-5-16(13-17)14-18-15-22(28)27(24(18)30)21-7-2-1-3-8-21/h1-14H,15H2,(H,26,29)/b18-14+. The Labute approximate surface area is 172 Å². The van der Waals surface area contributed by atoms with Crippen molar-refractivity contribution < 1.29 is 18.8 Å². The number of benzene rings is 3. The van der Waals surface area contributed by atoms with Gasteiger partial charge in [0.25, 0.3) is 11.8 Å². The first-order valence-corrected chi connectivity index (χ1v) is 9.31. The van der Waals surface area contributed by atoms with E-state index in [0.29, 0.717) is 28.1 Å². The topological polar surface area (TPSA) is 66.5 Å². The van der Waals surface area contributed by atoms with Gasteiger partial charge < -0.3 is 5.32 Å². The monoisotopic (exact) mass is 400 g/mol. The van der Waals surface area contributed by atoms with Crippen LogP contribution >= 0.6 is 0 Å². The zero-order valence-electron chi connectivity index (χ0n) is 15.8. The lowest BCUT2D eigenvalue weighted by atomic mass is 10.1. The highest BCUT2D eigenvalue weighted by Gasteiger charge is 2.34. The molecule has 6 heteroatoms. The molecule has 1 aliphatic rings. The van der Waals surface area contributed by atoms with Gasteiger partial charge in [0.2, 0.25) is 5.91 Å². The fraction of sp³-hybridized carbons (Fsp3) is 0.0417. The summed E-state index contributed by atoms with van der Waals surface area (Å²) < 4.78 is 13.0. The Kier molecular flexibility index (Phi) is 5.22. The van der Waals surface area contributed by atoms with Crippen molar-refractivity contribution in [3.05, 3.63) is 101 Å². The first-order valence-electron chi connectivity index (χ1n) is 9.31. The zero-order valence-corrected chi connectivity index (χ0v) is 15.8. The van der Waals surface area contributed by atoms with Crippen LogP contribution in [0.4, 0.5) is 15.8 Å². The second kappa shape index (κ2) is 8.13. The third-order valence-corrected chi connectivity index (χ3v) is 4.68. The molecule has 3 aromatic rings. The summed E-state index contributed by atoms with van der Waals surface area (Å²) in [6, 6.07) is 20.9. The van der Waals surface area contributed by atoms with Gasteiger partial charge in [0.15, 0.2) is 0 Å². The van der Waals surface area contributed by atoms with Crippen LogP contribution in [-0.2, 0) is 9.59 Å². The minimum absolute atomic E-state index is 0.000267. The van der Waals surface area contributed by atoms with Crippen molar-refractivity contribution in [2.24, 2.45) is 0 Å². The van der Waals surface area contributed by atoms with Gasteiger partial charge in [-0.1, -0.05) is 30.3 Å². The second-order valence-electron chi connectivity index (χ2n) is 6.80. The quantitative estimate of drug-likeness (QED) is 0.521. The minimum Gasteiger partial charge on any atom is -0.322 e. The van der Waals surface area contributed by atoms with Crippen molar-refractivity contribution in [2.45, 2.75) is 6.42 Å². The molecule has 0 spiro atoms. The van der Waals surface area contributed by atoms with Crippen molar-refractivity contribution in [2.75, 3.05) is 10.2 Å². The number of hydrogen-bond donors (Lipinski definition) is 1. The third kappa shape index (κ3) is 4.03. The van der Waals surface area contributed by atoms with E-state index in [-0.39, 0.29) is 30.0 Å². The van der Waals surface area contributed by atoms with E-state index in [0.717, 1.165) is 4.90 Å². The molecule has 4 rings (SSSR count). The molecule has 148 valence electrons. The van der Waals surface area contributed by atoms with E-state index >= 15 is 0 Å². The number of hydrogen-bond acceptors (Lipinski definition) is 3. The molecule has 1 heterocycles. The van der Waals surface area contributed by atoms with Gasteiger partial charge in [-0.3, -0.25) is 14.4 Å². The predicted octanol–water partition coefficient (Wildman–Crippen LogP) is 4.42. The summed E-state index contributed by atoms with van der Waals surface area (Å²) in [4.78, 5) is 38.7. The SMILES string of the molecule is O=C(Nc1ccc(F)cc1)c1cccc(/C=C2\CC(=O)N(c3ccccc3)C2=O)c1. The van der Waals surface area contributed by atoms with E-state index in [1.807, 2.05) is 6.07 Å². The average Bonchev–Trinajstić information content (AvgIpc) is 3.03. The Morgan fingerprint density at radius 1 is 0.933 bits per heavy atom. The third-order valence-electron chi connectivity index (χ3n) is 4.68. The van der Waals surface area contributed by atoms with E-state index in [1.165, 1.54) is 24.3 Å². The maximum absolute atomic E-state index is 13.0. The Morgan fingerprint density at radius 2 is 1.67 bits per heavy atom. The summed E-state index contributed by atoms with van der Waals surface area (Å²) in [7, 11) is 0. The zero-order chi connectivity index (χ0) is 21.1. The van der Waals surface area contributed by atoms with Crippen LogP contribution in [0.1, 0.15) is 22.3 Å². The highest BCUT2D eigenvalue weighted by molar-refractivity contribution is 6.29. The van der Waals surface area contributed by atoms with E-state index in [9.17, 15) is 18.8 Å². The fourth-order valence-electron chi connectivity index (χ4n) is 3.23. The second-order valence-corrected chi connectivity index (χ2v) is 6.80. The van der Waals surface area contributed by atoms with Gasteiger partial charge in [-0.2, -0.15) is 0 Å². The summed E-state index contributed by atoms with van der Waals surface area (Å²) in [5.74, 6) is -1.40. The summed E-state index contributed by atoms with van der Waals surface area (Å²) in [5.41, 5.74) is 2.38. The lowest BCUT2D eigenvalue weighted by Gasteiger charge is -2.12. The number of nitrogens with zero attached hydrogens (tertiary/aromatic N) is 1. The maximum atomic E-state index is 13.0. The molecule has 0 unspecified atom stereocenters. The van der Waals surface area contributed by atoms with Crippen molar-refractivity contribution in [1.82, 2.24) is 0 Å². The molecule has 3 amide bonds. The molecule has 3 aromatic carbocycles. The summed E-state index contributed by atoms with van der Waals surface area (Å²) in [6.07, 6.45) is 1.62. The smallest absolute Gasteiger partial charge is 0.261 e. The molecule has 0 bridgehead atoms. The molecular weight excluding hydrogens is 383 g/mol. The van der Waals surface area contributed by atoms with Gasteiger partial charge in [-0.05, 0) is 60.2 Å². The number of nitrogens with one attached hydrogen (secondary N) is 1. The number of carbonyl (C=O) groups excluding carboxylic acids is 3. The molecule has 0 aromatic heterocycles. The molecule has 5 nitrogen and oxygen atoms in total. The molecular formula is C24H17FN2O3. The van der Waals surface area contributed by atoms with Gasteiger partial charge in [0.1, 0.15) is 5.82 Å². The first kappa shape index (κ1) is 19.3. The molecule has 0 radical (unpaired) electrons. The predicted molar refractivity (Wildman–Crippen MR) is 112 cm³/mol. The molecule has 1 N–H and O–H groups in total. The van der Waals surface area contributed by atoms with Crippen molar-refractivity contribution in [1.29, 1.82) is 0 Å². The van der Waals surface area contributed by atoms with Crippen LogP contribution in [0.5, 0.6) is 0 Å². The van der Waals surface area contributed by atoms with Crippen LogP contribution in [0.15, 0.2) is 84.4 Å². The van der Waals surface area contributed by atoms with Gasteiger partial charge in [0, 0.05) is 16.8 Å². The highest BCUT2D eigenvalue weighted by Crippen LogP contribution is 2.27. The van der Waals surface area contributed by atoms with Gasteiger partial charge >= 0.3 is 0 Å². The fourth-order valence-corrected chi connectivity index (χ4v) is 3.23. The van der Waals surface area contributed by atoms with Gasteiger partial charge in [-0.25, -0.2) is 9.29 Å². The van der Waals surface area contributed by atoms with E-state index in [2.05, 4.69) is 5.32 Å². The Morgan fingerprint density at radius 3 is 2.40 bits per heavy atom. The molecule has 0 atom stereocenters. The van der Waals surface area contributed by atoms with Crippen molar-refractivity contribution in [3.8, 4) is 0 Å².